The van der Waals surface area contributed by atoms with E-state index in [9.17, 15) is 9.59 Å². The van der Waals surface area contributed by atoms with E-state index >= 15 is 0 Å². The van der Waals surface area contributed by atoms with Gasteiger partial charge in [-0.3, -0.25) is 9.59 Å². The number of amides is 2. The second-order valence-electron chi connectivity index (χ2n) is 5.16. The molecule has 2 aromatic heterocycles. The molecule has 2 N–H and O–H groups in total. The maximum absolute atomic E-state index is 12.2. The van der Waals surface area contributed by atoms with Crippen LogP contribution >= 0.6 is 0 Å². The van der Waals surface area contributed by atoms with Crippen LogP contribution < -0.4 is 15.5 Å². The fraction of sp³-hybridized carbons (Fsp3) is 0.333. The van der Waals surface area contributed by atoms with Gasteiger partial charge in [-0.25, -0.2) is 9.97 Å². The highest BCUT2D eigenvalue weighted by molar-refractivity contribution is 6.01. The van der Waals surface area contributed by atoms with Gasteiger partial charge >= 0.3 is 0 Å². The Labute approximate surface area is 133 Å². The summed E-state index contributed by atoms with van der Waals surface area (Å²) in [6.45, 7) is 4.30. The van der Waals surface area contributed by atoms with Gasteiger partial charge in [-0.05, 0) is 19.1 Å². The number of imidazole rings is 1. The number of carbonyl (C=O) groups excluding carboxylic acids is 2. The summed E-state index contributed by atoms with van der Waals surface area (Å²) in [5.41, 5.74) is 0.855. The average molecular weight is 314 g/mol. The van der Waals surface area contributed by atoms with Crippen molar-refractivity contribution in [3.05, 3.63) is 36.5 Å². The largest absolute Gasteiger partial charge is 0.359 e. The number of nitrogens with zero attached hydrogens (tertiary/aromatic N) is 4. The van der Waals surface area contributed by atoms with Crippen LogP contribution in [-0.4, -0.2) is 46.0 Å². The van der Waals surface area contributed by atoms with Crippen LogP contribution in [0.1, 0.15) is 17.5 Å². The third kappa shape index (κ3) is 3.31. The lowest BCUT2D eigenvalue weighted by Crippen LogP contribution is -2.47. The van der Waals surface area contributed by atoms with Crippen molar-refractivity contribution in [1.29, 1.82) is 0 Å². The fourth-order valence-corrected chi connectivity index (χ4v) is 2.45. The van der Waals surface area contributed by atoms with E-state index in [1.165, 1.54) is 0 Å². The first-order valence-corrected chi connectivity index (χ1v) is 7.47. The highest BCUT2D eigenvalue weighted by atomic mass is 16.2. The molecule has 0 spiro atoms. The van der Waals surface area contributed by atoms with E-state index in [1.54, 1.807) is 29.2 Å². The number of nitrogens with one attached hydrogen (secondary N) is 2. The molecular weight excluding hydrogens is 296 g/mol. The molecule has 23 heavy (non-hydrogen) atoms. The van der Waals surface area contributed by atoms with Crippen molar-refractivity contribution in [2.75, 3.05) is 29.9 Å². The van der Waals surface area contributed by atoms with E-state index in [0.29, 0.717) is 31.3 Å². The van der Waals surface area contributed by atoms with Gasteiger partial charge in [0.1, 0.15) is 5.82 Å². The van der Waals surface area contributed by atoms with Crippen LogP contribution in [0.5, 0.6) is 0 Å². The predicted octanol–water partition coefficient (Wildman–Crippen LogP) is 0.486. The van der Waals surface area contributed by atoms with Crippen LogP contribution in [0.3, 0.4) is 0 Å². The van der Waals surface area contributed by atoms with Gasteiger partial charge in [0.05, 0.1) is 18.4 Å². The van der Waals surface area contributed by atoms with Crippen molar-refractivity contribution < 1.29 is 9.59 Å². The summed E-state index contributed by atoms with van der Waals surface area (Å²) in [4.78, 5) is 33.8. The molecule has 8 heteroatoms. The first-order valence-electron chi connectivity index (χ1n) is 7.47. The summed E-state index contributed by atoms with van der Waals surface area (Å²) in [6.07, 6.45) is 5.00. The van der Waals surface area contributed by atoms with Crippen molar-refractivity contribution in [3.8, 4) is 0 Å². The zero-order chi connectivity index (χ0) is 16.2. The van der Waals surface area contributed by atoms with E-state index in [2.05, 4.69) is 20.6 Å². The molecule has 0 aromatic carbocycles. The number of rotatable bonds is 4. The summed E-state index contributed by atoms with van der Waals surface area (Å²) in [5, 5.41) is 5.51. The topological polar surface area (TPSA) is 92.2 Å². The second-order valence-corrected chi connectivity index (χ2v) is 5.16. The maximum Gasteiger partial charge on any atom is 0.292 e. The molecule has 0 atom stereocenters. The Hall–Kier alpha value is -2.90. The van der Waals surface area contributed by atoms with Crippen molar-refractivity contribution in [3.63, 3.8) is 0 Å². The molecule has 8 nitrogen and oxygen atoms in total. The smallest absolute Gasteiger partial charge is 0.292 e. The molecule has 1 fully saturated rings. The lowest BCUT2D eigenvalue weighted by atomic mass is 10.3. The van der Waals surface area contributed by atoms with Gasteiger partial charge in [0.25, 0.3) is 5.91 Å². The monoisotopic (exact) mass is 314 g/mol. The summed E-state index contributed by atoms with van der Waals surface area (Å²) >= 11 is 0. The minimum absolute atomic E-state index is 0.0000290. The number of anilines is 2. The van der Waals surface area contributed by atoms with Gasteiger partial charge < -0.3 is 20.1 Å². The Kier molecular flexibility index (Phi) is 4.22. The number of hydrogen-bond donors (Lipinski definition) is 2. The van der Waals surface area contributed by atoms with Gasteiger partial charge in [-0.2, -0.15) is 0 Å². The number of pyridine rings is 1. The zero-order valence-corrected chi connectivity index (χ0v) is 12.8. The number of aromatic nitrogens is 3. The number of aryl methyl sites for hydroxylation is 1. The summed E-state index contributed by atoms with van der Waals surface area (Å²) in [6, 6.07) is 3.56. The van der Waals surface area contributed by atoms with Crippen molar-refractivity contribution in [1.82, 2.24) is 19.9 Å². The highest BCUT2D eigenvalue weighted by Crippen LogP contribution is 2.16. The van der Waals surface area contributed by atoms with Crippen LogP contribution in [-0.2, 0) is 11.3 Å². The van der Waals surface area contributed by atoms with E-state index in [-0.39, 0.29) is 11.8 Å². The van der Waals surface area contributed by atoms with E-state index in [1.807, 2.05) is 17.9 Å². The molecule has 1 saturated heterocycles. The molecule has 2 aromatic rings. The molecule has 0 unspecified atom stereocenters. The highest BCUT2D eigenvalue weighted by Gasteiger charge is 2.17. The third-order valence-electron chi connectivity index (χ3n) is 3.65. The zero-order valence-electron chi connectivity index (χ0n) is 12.8. The Balaban J connectivity index is 1.68. The lowest BCUT2D eigenvalue weighted by molar-refractivity contribution is -0.120. The van der Waals surface area contributed by atoms with Crippen LogP contribution in [0.2, 0.25) is 0 Å². The fourth-order valence-electron chi connectivity index (χ4n) is 2.45. The molecule has 0 aliphatic carbocycles. The molecule has 0 bridgehead atoms. The summed E-state index contributed by atoms with van der Waals surface area (Å²) < 4.78 is 1.76. The SMILES string of the molecule is CCn1ccnc1C(=O)Nc1ccc(N2CCNC(=O)C2)cn1. The Bertz CT molecular complexity index is 709. The Morgan fingerprint density at radius 1 is 1.39 bits per heavy atom. The molecule has 1 aliphatic heterocycles. The van der Waals surface area contributed by atoms with Gasteiger partial charge in [-0.15, -0.1) is 0 Å². The first-order chi connectivity index (χ1) is 11.2. The quantitative estimate of drug-likeness (QED) is 0.857. The summed E-state index contributed by atoms with van der Waals surface area (Å²) in [7, 11) is 0. The molecule has 1 aliphatic rings. The van der Waals surface area contributed by atoms with Crippen LogP contribution in [0.4, 0.5) is 11.5 Å². The third-order valence-corrected chi connectivity index (χ3v) is 3.65. The summed E-state index contributed by atoms with van der Waals surface area (Å²) in [5.74, 6) is 0.506. The Morgan fingerprint density at radius 2 is 2.26 bits per heavy atom. The second kappa shape index (κ2) is 6.47. The van der Waals surface area contributed by atoms with Crippen molar-refractivity contribution in [2.24, 2.45) is 0 Å². The van der Waals surface area contributed by atoms with Gasteiger partial charge in [0.15, 0.2) is 5.82 Å². The number of carbonyl (C=O) groups is 2. The molecule has 3 heterocycles. The van der Waals surface area contributed by atoms with Crippen molar-refractivity contribution in [2.45, 2.75) is 13.5 Å². The minimum Gasteiger partial charge on any atom is -0.359 e. The van der Waals surface area contributed by atoms with Crippen LogP contribution in [0.15, 0.2) is 30.7 Å². The molecule has 120 valence electrons. The van der Waals surface area contributed by atoms with Crippen LogP contribution in [0.25, 0.3) is 0 Å². The average Bonchev–Trinajstić information content (AvgIpc) is 3.04. The van der Waals surface area contributed by atoms with Gasteiger partial charge in [0, 0.05) is 32.0 Å². The maximum atomic E-state index is 12.2. The lowest BCUT2D eigenvalue weighted by Gasteiger charge is -2.28. The molecule has 0 saturated carbocycles. The first kappa shape index (κ1) is 15.0. The molecule has 0 radical (unpaired) electrons. The van der Waals surface area contributed by atoms with E-state index < -0.39 is 0 Å². The van der Waals surface area contributed by atoms with Gasteiger partial charge in [-0.1, -0.05) is 0 Å². The minimum atomic E-state index is -0.297. The molecule has 3 rings (SSSR count). The Morgan fingerprint density at radius 3 is 2.96 bits per heavy atom. The molecular formula is C15H18N6O2. The number of piperazine rings is 1. The standard InChI is InChI=1S/C15H18N6O2/c1-2-20-7-6-17-14(20)15(23)19-12-4-3-11(9-18-12)21-8-5-16-13(22)10-21/h3-4,6-7,9H,2,5,8,10H2,1H3,(H,16,22)(H,18,19,23). The van der Waals surface area contributed by atoms with Crippen molar-refractivity contribution >= 4 is 23.3 Å². The number of hydrogen-bond acceptors (Lipinski definition) is 5. The van der Waals surface area contributed by atoms with Gasteiger partial charge in [0.2, 0.25) is 5.91 Å². The van der Waals surface area contributed by atoms with E-state index in [0.717, 1.165) is 12.2 Å². The predicted molar refractivity (Wildman–Crippen MR) is 85.3 cm³/mol. The van der Waals surface area contributed by atoms with E-state index in [4.69, 9.17) is 0 Å². The molecule has 2 amide bonds. The van der Waals surface area contributed by atoms with Crippen LogP contribution in [0, 0.1) is 0 Å². The normalized spacial score (nSPS) is 14.5.